The Morgan fingerprint density at radius 2 is 2.07 bits per heavy atom. The third kappa shape index (κ3) is 2.30. The van der Waals surface area contributed by atoms with Crippen LogP contribution < -0.4 is 11.5 Å². The lowest BCUT2D eigenvalue weighted by molar-refractivity contribution is 0.480. The molecule has 1 aromatic carbocycles. The van der Waals surface area contributed by atoms with Crippen LogP contribution in [0.1, 0.15) is 24.1 Å². The topological polar surface area (TPSA) is 52.0 Å². The van der Waals surface area contributed by atoms with Crippen LogP contribution in [0.4, 0.5) is 4.39 Å². The molecule has 2 nitrogen and oxygen atoms in total. The Balaban J connectivity index is 2.91. The molecule has 0 saturated carbocycles. The largest absolute Gasteiger partial charge is 0.330 e. The molecule has 0 aliphatic heterocycles. The van der Waals surface area contributed by atoms with Crippen LogP contribution >= 0.6 is 0 Å². The number of halogens is 1. The van der Waals surface area contributed by atoms with Crippen molar-refractivity contribution >= 4 is 0 Å². The summed E-state index contributed by atoms with van der Waals surface area (Å²) in [4.78, 5) is 0. The van der Waals surface area contributed by atoms with E-state index in [1.807, 2.05) is 6.92 Å². The van der Waals surface area contributed by atoms with E-state index in [0.717, 1.165) is 5.56 Å². The lowest BCUT2D eigenvalue weighted by Gasteiger charge is -2.18. The minimum Gasteiger partial charge on any atom is -0.330 e. The first-order chi connectivity index (χ1) is 6.56. The minimum absolute atomic E-state index is 0.112. The molecule has 0 fully saturated rings. The highest BCUT2D eigenvalue weighted by atomic mass is 19.1. The van der Waals surface area contributed by atoms with Crippen molar-refractivity contribution in [3.8, 4) is 0 Å². The predicted molar refractivity (Wildman–Crippen MR) is 56.3 cm³/mol. The van der Waals surface area contributed by atoms with Gasteiger partial charge in [0.1, 0.15) is 5.82 Å². The van der Waals surface area contributed by atoms with Gasteiger partial charge in [0.15, 0.2) is 0 Å². The average molecular weight is 196 g/mol. The smallest absolute Gasteiger partial charge is 0.126 e. The first-order valence-corrected chi connectivity index (χ1v) is 4.78. The third-order valence-electron chi connectivity index (χ3n) is 2.55. The van der Waals surface area contributed by atoms with Crippen molar-refractivity contribution in [2.45, 2.75) is 19.9 Å². The maximum atomic E-state index is 13.0. The highest BCUT2D eigenvalue weighted by Gasteiger charge is 2.13. The van der Waals surface area contributed by atoms with Gasteiger partial charge in [-0.3, -0.25) is 0 Å². The second kappa shape index (κ2) is 4.53. The quantitative estimate of drug-likeness (QED) is 0.773. The zero-order valence-electron chi connectivity index (χ0n) is 8.63. The summed E-state index contributed by atoms with van der Waals surface area (Å²) in [5, 5.41) is 0. The van der Waals surface area contributed by atoms with Crippen LogP contribution in [0.25, 0.3) is 0 Å². The highest BCUT2D eigenvalue weighted by Crippen LogP contribution is 2.20. The highest BCUT2D eigenvalue weighted by molar-refractivity contribution is 5.26. The summed E-state index contributed by atoms with van der Waals surface area (Å²) in [5.74, 6) is 0.0150. The molecule has 0 heterocycles. The lowest BCUT2D eigenvalue weighted by atomic mass is 9.94. The fraction of sp³-hybridized carbons (Fsp3) is 0.455. The molecule has 1 aromatic rings. The number of hydrogen-bond acceptors (Lipinski definition) is 2. The average Bonchev–Trinajstić information content (AvgIpc) is 2.20. The van der Waals surface area contributed by atoms with Gasteiger partial charge in [-0.25, -0.2) is 4.39 Å². The van der Waals surface area contributed by atoms with E-state index in [4.69, 9.17) is 11.5 Å². The van der Waals surface area contributed by atoms with Crippen molar-refractivity contribution in [2.75, 3.05) is 6.54 Å². The van der Waals surface area contributed by atoms with Gasteiger partial charge in [-0.15, -0.1) is 0 Å². The monoisotopic (exact) mass is 196 g/mol. The Morgan fingerprint density at radius 3 is 2.57 bits per heavy atom. The van der Waals surface area contributed by atoms with E-state index in [-0.39, 0.29) is 17.8 Å². The molecular formula is C11H17FN2. The lowest BCUT2D eigenvalue weighted by Crippen LogP contribution is -2.25. The van der Waals surface area contributed by atoms with Crippen LogP contribution in [0.2, 0.25) is 0 Å². The van der Waals surface area contributed by atoms with Crippen LogP contribution in [0.3, 0.4) is 0 Å². The SMILES string of the molecule is Cc1cc(C(N)C(C)CN)ccc1F. The van der Waals surface area contributed by atoms with E-state index >= 15 is 0 Å². The summed E-state index contributed by atoms with van der Waals surface area (Å²) in [6.45, 7) is 4.26. The first kappa shape index (κ1) is 11.1. The number of benzene rings is 1. The van der Waals surface area contributed by atoms with Crippen molar-refractivity contribution in [2.24, 2.45) is 17.4 Å². The van der Waals surface area contributed by atoms with Gasteiger partial charge in [-0.1, -0.05) is 19.1 Å². The molecule has 4 N–H and O–H groups in total. The van der Waals surface area contributed by atoms with Crippen molar-refractivity contribution in [1.29, 1.82) is 0 Å². The van der Waals surface area contributed by atoms with Gasteiger partial charge in [-0.2, -0.15) is 0 Å². The molecular weight excluding hydrogens is 179 g/mol. The second-order valence-electron chi connectivity index (χ2n) is 3.75. The Bertz CT molecular complexity index is 312. The van der Waals surface area contributed by atoms with Gasteiger partial charge in [0.2, 0.25) is 0 Å². The number of aryl methyl sites for hydroxylation is 1. The Hall–Kier alpha value is -0.930. The zero-order valence-corrected chi connectivity index (χ0v) is 8.63. The van der Waals surface area contributed by atoms with Crippen molar-refractivity contribution in [3.05, 3.63) is 35.1 Å². The van der Waals surface area contributed by atoms with Gasteiger partial charge >= 0.3 is 0 Å². The van der Waals surface area contributed by atoms with Gasteiger partial charge < -0.3 is 11.5 Å². The summed E-state index contributed by atoms with van der Waals surface area (Å²) >= 11 is 0. The van der Waals surface area contributed by atoms with Crippen LogP contribution in [-0.2, 0) is 0 Å². The van der Waals surface area contributed by atoms with Gasteiger partial charge in [0.25, 0.3) is 0 Å². The summed E-state index contributed by atoms with van der Waals surface area (Å²) < 4.78 is 13.0. The van der Waals surface area contributed by atoms with Gasteiger partial charge in [-0.05, 0) is 36.6 Å². The molecule has 0 amide bonds. The van der Waals surface area contributed by atoms with Crippen molar-refractivity contribution in [1.82, 2.24) is 0 Å². The molecule has 2 atom stereocenters. The summed E-state index contributed by atoms with van der Waals surface area (Å²) in [6.07, 6.45) is 0. The molecule has 3 heteroatoms. The van der Waals surface area contributed by atoms with Gasteiger partial charge in [0.05, 0.1) is 0 Å². The van der Waals surface area contributed by atoms with Crippen molar-refractivity contribution < 1.29 is 4.39 Å². The maximum Gasteiger partial charge on any atom is 0.126 e. The number of rotatable bonds is 3. The normalized spacial score (nSPS) is 15.2. The maximum absolute atomic E-state index is 13.0. The third-order valence-corrected chi connectivity index (χ3v) is 2.55. The Labute approximate surface area is 84.1 Å². The standard InChI is InChI=1S/C11H17FN2/c1-7-5-9(3-4-10(7)12)11(14)8(2)6-13/h3-5,8,11H,6,13-14H2,1-2H3. The zero-order chi connectivity index (χ0) is 10.7. The van der Waals surface area contributed by atoms with E-state index < -0.39 is 0 Å². The molecule has 0 spiro atoms. The van der Waals surface area contributed by atoms with E-state index in [2.05, 4.69) is 0 Å². The molecule has 0 aliphatic rings. The molecule has 2 unspecified atom stereocenters. The molecule has 14 heavy (non-hydrogen) atoms. The number of hydrogen-bond donors (Lipinski definition) is 2. The van der Waals surface area contributed by atoms with E-state index in [9.17, 15) is 4.39 Å². The first-order valence-electron chi connectivity index (χ1n) is 4.78. The van der Waals surface area contributed by atoms with Crippen LogP contribution in [0, 0.1) is 18.7 Å². The molecule has 0 aliphatic carbocycles. The summed E-state index contributed by atoms with van der Waals surface area (Å²) in [7, 11) is 0. The Morgan fingerprint density at radius 1 is 1.43 bits per heavy atom. The van der Waals surface area contributed by atoms with E-state index in [1.165, 1.54) is 6.07 Å². The van der Waals surface area contributed by atoms with Gasteiger partial charge in [0, 0.05) is 6.04 Å². The molecule has 1 rings (SSSR count). The summed E-state index contributed by atoms with van der Waals surface area (Å²) in [5.41, 5.74) is 13.1. The molecule has 0 aromatic heterocycles. The second-order valence-corrected chi connectivity index (χ2v) is 3.75. The Kier molecular flexibility index (Phi) is 3.61. The number of nitrogens with two attached hydrogens (primary N) is 2. The molecule has 0 radical (unpaired) electrons. The van der Waals surface area contributed by atoms with E-state index in [0.29, 0.717) is 12.1 Å². The van der Waals surface area contributed by atoms with Crippen LogP contribution in [-0.4, -0.2) is 6.54 Å². The molecule has 0 bridgehead atoms. The summed E-state index contributed by atoms with van der Waals surface area (Å²) in [6, 6.07) is 4.85. The minimum atomic E-state index is -0.193. The molecule has 0 saturated heterocycles. The van der Waals surface area contributed by atoms with Crippen LogP contribution in [0.15, 0.2) is 18.2 Å². The van der Waals surface area contributed by atoms with Crippen molar-refractivity contribution in [3.63, 3.8) is 0 Å². The fourth-order valence-electron chi connectivity index (χ4n) is 1.35. The van der Waals surface area contributed by atoms with E-state index in [1.54, 1.807) is 19.1 Å². The fourth-order valence-corrected chi connectivity index (χ4v) is 1.35. The molecule has 78 valence electrons. The van der Waals surface area contributed by atoms with Crippen LogP contribution in [0.5, 0.6) is 0 Å². The predicted octanol–water partition coefficient (Wildman–Crippen LogP) is 1.73.